The third-order valence-electron chi connectivity index (χ3n) is 1.50. The summed E-state index contributed by atoms with van der Waals surface area (Å²) in [4.78, 5) is -0.303. The summed E-state index contributed by atoms with van der Waals surface area (Å²) in [5, 5.41) is 0. The summed E-state index contributed by atoms with van der Waals surface area (Å²) in [6, 6.07) is 5.72. The lowest BCUT2D eigenvalue weighted by atomic mass is 10.2. The zero-order valence-electron chi connectivity index (χ0n) is 7.07. The highest BCUT2D eigenvalue weighted by molar-refractivity contribution is 7.86. The normalized spacial score (nSPS) is 12.2. The van der Waals surface area contributed by atoms with Crippen molar-refractivity contribution in [2.45, 2.75) is 11.8 Å². The van der Waals surface area contributed by atoms with E-state index in [4.69, 9.17) is 0 Å². The van der Waals surface area contributed by atoms with Crippen LogP contribution in [0.1, 0.15) is 12.5 Å². The first-order valence-corrected chi connectivity index (χ1v) is 5.10. The van der Waals surface area contributed by atoms with Crippen LogP contribution in [0.3, 0.4) is 0 Å². The second-order valence-corrected chi connectivity index (χ2v) is 3.86. The van der Waals surface area contributed by atoms with Crippen LogP contribution in [0.15, 0.2) is 35.2 Å². The molecule has 0 fully saturated rings. The van der Waals surface area contributed by atoms with E-state index in [0.29, 0.717) is 5.56 Å². The van der Waals surface area contributed by atoms with Crippen LogP contribution < -0.4 is 0 Å². The molecule has 0 heterocycles. The Hall–Kier alpha value is -1.16. The molecule has 2 nitrogen and oxygen atoms in total. The summed E-state index contributed by atoms with van der Waals surface area (Å²) >= 11 is 0. The summed E-state index contributed by atoms with van der Waals surface area (Å²) in [5.74, 6) is 0. The minimum atomic E-state index is -4.58. The van der Waals surface area contributed by atoms with E-state index in [-0.39, 0.29) is 4.90 Å². The van der Waals surface area contributed by atoms with Gasteiger partial charge in [-0.2, -0.15) is 8.42 Å². The van der Waals surface area contributed by atoms with Gasteiger partial charge in [0.05, 0.1) is 4.90 Å². The fraction of sp³-hybridized carbons (Fsp3) is 0.111. The van der Waals surface area contributed by atoms with Crippen molar-refractivity contribution in [1.82, 2.24) is 0 Å². The maximum Gasteiger partial charge on any atom is 0.332 e. The number of benzene rings is 1. The van der Waals surface area contributed by atoms with E-state index in [1.54, 1.807) is 25.1 Å². The molecule has 1 aromatic rings. The lowest BCUT2D eigenvalue weighted by molar-refractivity contribution is 0.552. The van der Waals surface area contributed by atoms with Crippen molar-refractivity contribution in [3.8, 4) is 0 Å². The highest BCUT2D eigenvalue weighted by atomic mass is 32.3. The molecule has 0 aromatic heterocycles. The second-order valence-electron chi connectivity index (χ2n) is 2.51. The van der Waals surface area contributed by atoms with Gasteiger partial charge in [0.1, 0.15) is 0 Å². The van der Waals surface area contributed by atoms with Crippen molar-refractivity contribution in [2.24, 2.45) is 0 Å². The molecule has 13 heavy (non-hydrogen) atoms. The van der Waals surface area contributed by atoms with Crippen LogP contribution in [-0.4, -0.2) is 8.42 Å². The molecule has 0 aliphatic heterocycles. The molecule has 0 amide bonds. The van der Waals surface area contributed by atoms with E-state index < -0.39 is 10.2 Å². The van der Waals surface area contributed by atoms with Crippen LogP contribution >= 0.6 is 0 Å². The maximum atomic E-state index is 12.5. The Labute approximate surface area is 76.9 Å². The molecule has 70 valence electrons. The van der Waals surface area contributed by atoms with Gasteiger partial charge >= 0.3 is 10.2 Å². The Morgan fingerprint density at radius 3 is 2.62 bits per heavy atom. The molecule has 0 aliphatic carbocycles. The fourth-order valence-electron chi connectivity index (χ4n) is 0.962. The lowest BCUT2D eigenvalue weighted by Crippen LogP contribution is -1.91. The zero-order valence-corrected chi connectivity index (χ0v) is 7.88. The van der Waals surface area contributed by atoms with Gasteiger partial charge in [-0.05, 0) is 24.6 Å². The molecule has 0 spiro atoms. The molecule has 1 rings (SSSR count). The molecule has 0 unspecified atom stereocenters. The molecular weight excluding hydrogens is 191 g/mol. The van der Waals surface area contributed by atoms with Crippen LogP contribution in [-0.2, 0) is 10.2 Å². The van der Waals surface area contributed by atoms with Gasteiger partial charge in [-0.25, -0.2) is 0 Å². The van der Waals surface area contributed by atoms with E-state index >= 15 is 0 Å². The molecule has 0 aliphatic rings. The van der Waals surface area contributed by atoms with Crippen LogP contribution in [0.5, 0.6) is 0 Å². The average Bonchev–Trinajstić information content (AvgIpc) is 2.04. The van der Waals surface area contributed by atoms with Crippen LogP contribution in [0, 0.1) is 0 Å². The van der Waals surface area contributed by atoms with Crippen LogP contribution in [0.25, 0.3) is 6.08 Å². The van der Waals surface area contributed by atoms with E-state index in [9.17, 15) is 12.3 Å². The van der Waals surface area contributed by atoms with Crippen LogP contribution in [0.4, 0.5) is 3.89 Å². The zero-order chi connectivity index (χ0) is 9.90. The van der Waals surface area contributed by atoms with Crippen molar-refractivity contribution in [2.75, 3.05) is 0 Å². The molecule has 4 heteroatoms. The van der Waals surface area contributed by atoms with Gasteiger partial charge in [0, 0.05) is 0 Å². The third-order valence-corrected chi connectivity index (χ3v) is 2.32. The van der Waals surface area contributed by atoms with Crippen molar-refractivity contribution in [3.63, 3.8) is 0 Å². The second kappa shape index (κ2) is 3.70. The van der Waals surface area contributed by atoms with Crippen LogP contribution in [0.2, 0.25) is 0 Å². The van der Waals surface area contributed by atoms with Crippen molar-refractivity contribution < 1.29 is 12.3 Å². The Morgan fingerprint density at radius 1 is 1.38 bits per heavy atom. The third kappa shape index (κ3) is 2.66. The molecule has 1 aromatic carbocycles. The van der Waals surface area contributed by atoms with E-state index in [1.807, 2.05) is 0 Å². The monoisotopic (exact) mass is 200 g/mol. The smallest absolute Gasteiger partial charge is 0.189 e. The summed E-state index contributed by atoms with van der Waals surface area (Å²) < 4.78 is 33.5. The summed E-state index contributed by atoms with van der Waals surface area (Å²) in [7, 11) is -4.58. The number of hydrogen-bond acceptors (Lipinski definition) is 2. The minimum absolute atomic E-state index is 0.303. The summed E-state index contributed by atoms with van der Waals surface area (Å²) in [6.45, 7) is 1.80. The van der Waals surface area contributed by atoms with Gasteiger partial charge < -0.3 is 0 Å². The van der Waals surface area contributed by atoms with E-state index in [0.717, 1.165) is 0 Å². The van der Waals surface area contributed by atoms with Gasteiger partial charge in [0.15, 0.2) is 0 Å². The Balaban J connectivity index is 3.21. The first-order valence-electron chi connectivity index (χ1n) is 3.71. The molecular formula is C9H9FO2S. The molecule has 0 radical (unpaired) electrons. The minimum Gasteiger partial charge on any atom is -0.189 e. The topological polar surface area (TPSA) is 34.1 Å². The highest BCUT2D eigenvalue weighted by Crippen LogP contribution is 2.14. The Bertz CT molecular complexity index is 421. The quantitative estimate of drug-likeness (QED) is 0.687. The molecule has 0 N–H and O–H groups in total. The lowest BCUT2D eigenvalue weighted by Gasteiger charge is -1.96. The van der Waals surface area contributed by atoms with Crippen molar-refractivity contribution in [1.29, 1.82) is 0 Å². The SMILES string of the molecule is C/C=C/c1cccc(S(=O)(=O)F)c1. The van der Waals surface area contributed by atoms with Gasteiger partial charge in [0.25, 0.3) is 0 Å². The molecule has 0 atom stereocenters. The van der Waals surface area contributed by atoms with Crippen molar-refractivity contribution >= 4 is 16.3 Å². The predicted molar refractivity (Wildman–Crippen MR) is 49.4 cm³/mol. The first-order chi connectivity index (χ1) is 6.04. The maximum absolute atomic E-state index is 12.5. The van der Waals surface area contributed by atoms with Gasteiger partial charge in [-0.15, -0.1) is 3.89 Å². The van der Waals surface area contributed by atoms with Gasteiger partial charge in [-0.1, -0.05) is 24.3 Å². The van der Waals surface area contributed by atoms with Crippen molar-refractivity contribution in [3.05, 3.63) is 35.9 Å². The predicted octanol–water partition coefficient (Wildman–Crippen LogP) is 2.38. The summed E-state index contributed by atoms with van der Waals surface area (Å²) in [5.41, 5.74) is 0.668. The molecule has 0 saturated heterocycles. The largest absolute Gasteiger partial charge is 0.332 e. The van der Waals surface area contributed by atoms with E-state index in [2.05, 4.69) is 0 Å². The standard InChI is InChI=1S/C9H9FO2S/c1-2-4-8-5-3-6-9(7-8)13(10,11)12/h2-7H,1H3/b4-2+. The number of hydrogen-bond donors (Lipinski definition) is 0. The molecule has 0 saturated carbocycles. The van der Waals surface area contributed by atoms with Gasteiger partial charge in [-0.3, -0.25) is 0 Å². The number of allylic oxidation sites excluding steroid dienone is 1. The fourth-order valence-corrected chi connectivity index (χ4v) is 1.48. The average molecular weight is 200 g/mol. The Kier molecular flexibility index (Phi) is 2.83. The first kappa shape index (κ1) is 9.92. The Morgan fingerprint density at radius 2 is 2.08 bits per heavy atom. The molecule has 0 bridgehead atoms. The number of halogens is 1. The highest BCUT2D eigenvalue weighted by Gasteiger charge is 2.10. The number of rotatable bonds is 2. The van der Waals surface area contributed by atoms with Gasteiger partial charge in [0.2, 0.25) is 0 Å². The van der Waals surface area contributed by atoms with E-state index in [1.165, 1.54) is 18.2 Å². The summed E-state index contributed by atoms with van der Waals surface area (Å²) in [6.07, 6.45) is 3.46.